The van der Waals surface area contributed by atoms with E-state index in [2.05, 4.69) is 13.2 Å². The van der Waals surface area contributed by atoms with E-state index in [1.807, 2.05) is 20.8 Å². The Morgan fingerprint density at radius 2 is 0.820 bits per heavy atom. The van der Waals surface area contributed by atoms with Gasteiger partial charge in [0.1, 0.15) is 18.8 Å². The number of rotatable bonds is 34. The number of hydrogen-bond donors (Lipinski definition) is 1. The third-order valence-corrected chi connectivity index (χ3v) is 5.21. The maximum absolute atomic E-state index is 11.5. The minimum absolute atomic E-state index is 0. The number of carbonyl (C=O) groups excluding carboxylic acids is 3. The topological polar surface area (TPSA) is 179 Å². The van der Waals surface area contributed by atoms with E-state index in [4.69, 9.17) is 57.8 Å². The molecule has 0 heterocycles. The second-order valence-electron chi connectivity index (χ2n) is 10.8. The highest BCUT2D eigenvalue weighted by atomic mass is 35.5. The van der Waals surface area contributed by atoms with Crippen LogP contribution in [0.4, 0.5) is 0 Å². The molecule has 0 saturated carbocycles. The van der Waals surface area contributed by atoms with E-state index >= 15 is 0 Å². The van der Waals surface area contributed by atoms with Crippen molar-refractivity contribution in [2.24, 2.45) is 5.73 Å². The summed E-state index contributed by atoms with van der Waals surface area (Å²) in [6.45, 7) is 20.8. The highest BCUT2D eigenvalue weighted by Crippen LogP contribution is 2.09. The average molecular weight is 746 g/mol. The molecular formula is C34H64ClNO14. The van der Waals surface area contributed by atoms with Gasteiger partial charge in [-0.1, -0.05) is 25.3 Å². The van der Waals surface area contributed by atoms with Crippen LogP contribution in [-0.2, 0) is 66.5 Å². The number of esters is 3. The first-order valence-electron chi connectivity index (χ1n) is 16.7. The molecule has 0 amide bonds. The fourth-order valence-electron chi connectivity index (χ4n) is 3.08. The van der Waals surface area contributed by atoms with Gasteiger partial charge >= 0.3 is 17.9 Å². The maximum atomic E-state index is 11.5. The standard InChI is InChI=1S/C20H36O8.C14H27NO6.ClH/c1-5-9-27-18(21)8-11-24-13-15-26-17-16-25-14-12-23-10-6-7-19(22)28-20(2,3)4;1-2-5-21-14(16)3-6-17-8-10-19-12-13-20-11-9-18-7-4-15;/h5H,1,6-17H2,2-4H3;2H,1,3-13,15H2;1H. The van der Waals surface area contributed by atoms with Crippen LogP contribution in [0.5, 0.6) is 0 Å². The van der Waals surface area contributed by atoms with E-state index in [0.29, 0.717) is 125 Å². The van der Waals surface area contributed by atoms with Gasteiger partial charge in [-0.15, -0.1) is 12.4 Å². The molecule has 296 valence electrons. The van der Waals surface area contributed by atoms with Crippen LogP contribution in [0.15, 0.2) is 25.3 Å². The molecule has 0 rings (SSSR count). The van der Waals surface area contributed by atoms with E-state index in [-0.39, 0.29) is 56.4 Å². The molecule has 0 aromatic heterocycles. The molecule has 15 nitrogen and oxygen atoms in total. The largest absolute Gasteiger partial charge is 0.461 e. The third-order valence-electron chi connectivity index (χ3n) is 5.21. The lowest BCUT2D eigenvalue weighted by Crippen LogP contribution is -2.23. The van der Waals surface area contributed by atoms with Crippen LogP contribution in [0.25, 0.3) is 0 Å². The quantitative estimate of drug-likeness (QED) is 0.0440. The van der Waals surface area contributed by atoms with Crippen LogP contribution < -0.4 is 5.73 Å². The van der Waals surface area contributed by atoms with E-state index in [9.17, 15) is 14.4 Å². The van der Waals surface area contributed by atoms with Gasteiger partial charge in [0.15, 0.2) is 0 Å². The average Bonchev–Trinajstić information content (AvgIpc) is 3.06. The van der Waals surface area contributed by atoms with Gasteiger partial charge in [0, 0.05) is 19.6 Å². The summed E-state index contributed by atoms with van der Waals surface area (Å²) < 4.78 is 57.1. The normalized spacial score (nSPS) is 10.7. The van der Waals surface area contributed by atoms with Crippen molar-refractivity contribution < 1.29 is 66.5 Å². The van der Waals surface area contributed by atoms with Gasteiger partial charge < -0.3 is 57.8 Å². The van der Waals surface area contributed by atoms with Gasteiger partial charge in [-0.25, -0.2) is 0 Å². The molecule has 0 saturated heterocycles. The lowest BCUT2D eigenvalue weighted by atomic mass is 10.2. The number of carbonyl (C=O) groups is 3. The molecule has 0 atom stereocenters. The Morgan fingerprint density at radius 3 is 1.14 bits per heavy atom. The van der Waals surface area contributed by atoms with E-state index in [1.165, 1.54) is 12.2 Å². The smallest absolute Gasteiger partial charge is 0.308 e. The molecule has 0 aliphatic carbocycles. The van der Waals surface area contributed by atoms with Gasteiger partial charge in [0.2, 0.25) is 0 Å². The van der Waals surface area contributed by atoms with Crippen molar-refractivity contribution in [3.05, 3.63) is 25.3 Å². The van der Waals surface area contributed by atoms with Crippen molar-refractivity contribution >= 4 is 30.3 Å². The van der Waals surface area contributed by atoms with Crippen LogP contribution in [0.1, 0.15) is 46.5 Å². The highest BCUT2D eigenvalue weighted by molar-refractivity contribution is 5.85. The summed E-state index contributed by atoms with van der Waals surface area (Å²) in [4.78, 5) is 33.8. The summed E-state index contributed by atoms with van der Waals surface area (Å²) in [5.74, 6) is -0.802. The van der Waals surface area contributed by atoms with Gasteiger partial charge in [-0.3, -0.25) is 14.4 Å². The SMILES string of the molecule is C=CCOC(=O)CCOCCOCCOCCOCCCC(=O)OC(C)(C)C.C=CCOC(=O)CCOCCOCCOCCOCCN.Cl. The first-order chi connectivity index (χ1) is 23.7. The molecule has 0 aliphatic rings. The van der Waals surface area contributed by atoms with Crippen LogP contribution in [-0.4, -0.2) is 149 Å². The Labute approximate surface area is 305 Å². The van der Waals surface area contributed by atoms with Crippen molar-refractivity contribution in [1.29, 1.82) is 0 Å². The predicted molar refractivity (Wildman–Crippen MR) is 189 cm³/mol. The molecule has 0 fully saturated rings. The molecule has 0 bridgehead atoms. The summed E-state index contributed by atoms with van der Waals surface area (Å²) >= 11 is 0. The fourth-order valence-corrected chi connectivity index (χ4v) is 3.08. The fraction of sp³-hybridized carbons (Fsp3) is 0.794. The predicted octanol–water partition coefficient (Wildman–Crippen LogP) is 2.85. The van der Waals surface area contributed by atoms with Gasteiger partial charge in [-0.2, -0.15) is 0 Å². The Morgan fingerprint density at radius 1 is 0.500 bits per heavy atom. The molecule has 0 aromatic rings. The Kier molecular flexibility index (Phi) is 43.0. The second-order valence-corrected chi connectivity index (χ2v) is 10.8. The zero-order valence-corrected chi connectivity index (χ0v) is 31.3. The van der Waals surface area contributed by atoms with E-state index in [0.717, 1.165) is 0 Å². The Hall–Kier alpha value is -2.18. The first kappa shape index (κ1) is 52.2. The Balaban J connectivity index is -0.000000901. The molecule has 16 heteroatoms. The van der Waals surface area contributed by atoms with Gasteiger partial charge in [0.25, 0.3) is 0 Å². The molecule has 0 aliphatic heterocycles. The monoisotopic (exact) mass is 745 g/mol. The van der Waals surface area contributed by atoms with Crippen LogP contribution in [0.3, 0.4) is 0 Å². The lowest BCUT2D eigenvalue weighted by molar-refractivity contribution is -0.155. The van der Waals surface area contributed by atoms with E-state index in [1.54, 1.807) is 0 Å². The lowest BCUT2D eigenvalue weighted by Gasteiger charge is -2.19. The van der Waals surface area contributed by atoms with Crippen LogP contribution in [0, 0.1) is 0 Å². The molecule has 2 N–H and O–H groups in total. The van der Waals surface area contributed by atoms with E-state index < -0.39 is 5.60 Å². The zero-order chi connectivity index (χ0) is 36.7. The highest BCUT2D eigenvalue weighted by Gasteiger charge is 2.15. The van der Waals surface area contributed by atoms with Crippen molar-refractivity contribution in [2.45, 2.75) is 52.1 Å². The third kappa shape index (κ3) is 47.9. The molecule has 0 spiro atoms. The molecule has 0 unspecified atom stereocenters. The minimum atomic E-state index is -0.445. The number of hydrogen-bond acceptors (Lipinski definition) is 15. The molecule has 0 aromatic carbocycles. The van der Waals surface area contributed by atoms with Crippen molar-refractivity contribution in [1.82, 2.24) is 0 Å². The van der Waals surface area contributed by atoms with Gasteiger partial charge in [-0.05, 0) is 27.2 Å². The molecule has 0 radical (unpaired) electrons. The summed E-state index contributed by atoms with van der Waals surface area (Å²) in [7, 11) is 0. The van der Waals surface area contributed by atoms with Crippen molar-refractivity contribution in [3.8, 4) is 0 Å². The second kappa shape index (κ2) is 41.2. The first-order valence-corrected chi connectivity index (χ1v) is 16.7. The van der Waals surface area contributed by atoms with Crippen LogP contribution >= 0.6 is 12.4 Å². The van der Waals surface area contributed by atoms with Gasteiger partial charge in [0.05, 0.1) is 112 Å². The van der Waals surface area contributed by atoms with Crippen molar-refractivity contribution in [2.75, 3.05) is 125 Å². The number of halogens is 1. The molecular weight excluding hydrogens is 682 g/mol. The van der Waals surface area contributed by atoms with Crippen LogP contribution in [0.2, 0.25) is 0 Å². The minimum Gasteiger partial charge on any atom is -0.461 e. The molecule has 50 heavy (non-hydrogen) atoms. The Bertz CT molecular complexity index is 798. The number of nitrogens with two attached hydrogens (primary N) is 1. The number of ether oxygens (including phenoxy) is 11. The zero-order valence-electron chi connectivity index (χ0n) is 30.5. The van der Waals surface area contributed by atoms with Crippen molar-refractivity contribution in [3.63, 3.8) is 0 Å². The summed E-state index contributed by atoms with van der Waals surface area (Å²) in [6, 6.07) is 0. The summed E-state index contributed by atoms with van der Waals surface area (Å²) in [5.41, 5.74) is 4.82. The summed E-state index contributed by atoms with van der Waals surface area (Å²) in [5, 5.41) is 0. The summed E-state index contributed by atoms with van der Waals surface area (Å²) in [6.07, 6.45) is 4.48. The maximum Gasteiger partial charge on any atom is 0.308 e.